The molecule has 4 fully saturated rings. The van der Waals surface area contributed by atoms with Gasteiger partial charge in [0, 0.05) is 18.6 Å². The molecule has 0 spiro atoms. The molecule has 0 amide bonds. The van der Waals surface area contributed by atoms with E-state index in [2.05, 4.69) is 11.8 Å². The van der Waals surface area contributed by atoms with Gasteiger partial charge in [-0.05, 0) is 62.8 Å². The predicted molar refractivity (Wildman–Crippen MR) is 67.2 cm³/mol. The molecule has 0 atom stereocenters. The molecule has 2 N–H and O–H groups in total. The highest BCUT2D eigenvalue weighted by atomic mass is 15.2. The second-order valence-electron chi connectivity index (χ2n) is 6.51. The quantitative estimate of drug-likeness (QED) is 0.790. The lowest BCUT2D eigenvalue weighted by atomic mass is 9.52. The zero-order chi connectivity index (χ0) is 11.2. The normalized spacial score (nSPS) is 45.6. The Morgan fingerprint density at radius 2 is 1.56 bits per heavy atom. The van der Waals surface area contributed by atoms with Gasteiger partial charge in [-0.3, -0.25) is 4.90 Å². The Morgan fingerprint density at radius 1 is 1.06 bits per heavy atom. The monoisotopic (exact) mass is 222 g/mol. The van der Waals surface area contributed by atoms with Crippen LogP contribution in [-0.4, -0.2) is 30.1 Å². The lowest BCUT2D eigenvalue weighted by molar-refractivity contribution is -0.0859. The van der Waals surface area contributed by atoms with E-state index in [0.29, 0.717) is 5.54 Å². The van der Waals surface area contributed by atoms with Crippen LogP contribution in [0.25, 0.3) is 0 Å². The predicted octanol–water partition coefficient (Wildman–Crippen LogP) is 2.24. The van der Waals surface area contributed by atoms with Crippen molar-refractivity contribution in [1.29, 1.82) is 0 Å². The highest BCUT2D eigenvalue weighted by Gasteiger charge is 2.52. The fourth-order valence-electron chi connectivity index (χ4n) is 5.34. The molecule has 92 valence electrons. The Hall–Kier alpha value is -0.0800. The molecule has 2 nitrogen and oxygen atoms in total. The van der Waals surface area contributed by atoms with Crippen LogP contribution >= 0.6 is 0 Å². The lowest BCUT2D eigenvalue weighted by Gasteiger charge is -2.60. The molecule has 0 aliphatic heterocycles. The Kier molecular flexibility index (Phi) is 2.75. The largest absolute Gasteiger partial charge is 0.329 e. The summed E-state index contributed by atoms with van der Waals surface area (Å²) in [5, 5.41) is 0. The second-order valence-corrected chi connectivity index (χ2v) is 6.51. The van der Waals surface area contributed by atoms with Crippen molar-refractivity contribution in [2.75, 3.05) is 19.6 Å². The molecule has 4 saturated carbocycles. The highest BCUT2D eigenvalue weighted by molar-refractivity contribution is 5.07. The summed E-state index contributed by atoms with van der Waals surface area (Å²) >= 11 is 0. The van der Waals surface area contributed by atoms with Gasteiger partial charge in [0.25, 0.3) is 0 Å². The molecule has 2 heteroatoms. The van der Waals surface area contributed by atoms with Crippen molar-refractivity contribution in [3.63, 3.8) is 0 Å². The van der Waals surface area contributed by atoms with Crippen LogP contribution in [0.3, 0.4) is 0 Å². The Labute approximate surface area is 99.6 Å². The van der Waals surface area contributed by atoms with Gasteiger partial charge < -0.3 is 5.73 Å². The molecule has 0 saturated heterocycles. The Bertz CT molecular complexity index is 226. The van der Waals surface area contributed by atoms with Crippen molar-refractivity contribution >= 4 is 0 Å². The van der Waals surface area contributed by atoms with Gasteiger partial charge in [0.05, 0.1) is 0 Å². The van der Waals surface area contributed by atoms with Gasteiger partial charge in [-0.2, -0.15) is 0 Å². The van der Waals surface area contributed by atoms with Crippen molar-refractivity contribution in [2.45, 2.75) is 51.0 Å². The van der Waals surface area contributed by atoms with Crippen LogP contribution in [0.1, 0.15) is 45.4 Å². The smallest absolute Gasteiger partial charge is 0.0217 e. The standard InChI is InChI=1S/C14H26N2/c1-2-16(4-3-15)14-8-11-5-12(9-14)7-13(6-11)10-14/h11-13H,2-10,15H2,1H3. The first-order valence-electron chi connectivity index (χ1n) is 7.21. The van der Waals surface area contributed by atoms with E-state index >= 15 is 0 Å². The maximum Gasteiger partial charge on any atom is 0.0217 e. The van der Waals surface area contributed by atoms with Gasteiger partial charge in [0.1, 0.15) is 0 Å². The zero-order valence-corrected chi connectivity index (χ0v) is 10.6. The van der Waals surface area contributed by atoms with E-state index in [-0.39, 0.29) is 0 Å². The number of likely N-dealkylation sites (N-methyl/N-ethyl adjacent to an activating group) is 1. The molecule has 0 aromatic rings. The molecule has 0 radical (unpaired) electrons. The minimum Gasteiger partial charge on any atom is -0.329 e. The summed E-state index contributed by atoms with van der Waals surface area (Å²) in [7, 11) is 0. The summed E-state index contributed by atoms with van der Waals surface area (Å²) in [6, 6.07) is 0. The topological polar surface area (TPSA) is 29.3 Å². The Balaban J connectivity index is 1.81. The Morgan fingerprint density at radius 3 is 1.94 bits per heavy atom. The third-order valence-corrected chi connectivity index (χ3v) is 5.46. The molecule has 16 heavy (non-hydrogen) atoms. The third-order valence-electron chi connectivity index (χ3n) is 5.46. The van der Waals surface area contributed by atoms with Gasteiger partial charge in [0.2, 0.25) is 0 Å². The minimum atomic E-state index is 0.572. The SMILES string of the molecule is CCN(CCN)C12CC3CC(CC(C3)C1)C2. The molecule has 0 aromatic carbocycles. The van der Waals surface area contributed by atoms with Gasteiger partial charge >= 0.3 is 0 Å². The van der Waals surface area contributed by atoms with Crippen molar-refractivity contribution in [3.8, 4) is 0 Å². The zero-order valence-electron chi connectivity index (χ0n) is 10.6. The van der Waals surface area contributed by atoms with E-state index in [1.54, 1.807) is 19.3 Å². The van der Waals surface area contributed by atoms with Gasteiger partial charge in [-0.1, -0.05) is 6.92 Å². The first kappa shape index (κ1) is 11.0. The molecule has 4 rings (SSSR count). The van der Waals surface area contributed by atoms with Crippen LogP contribution in [0.2, 0.25) is 0 Å². The van der Waals surface area contributed by atoms with Crippen LogP contribution in [0.5, 0.6) is 0 Å². The van der Waals surface area contributed by atoms with E-state index in [1.165, 1.54) is 25.8 Å². The summed E-state index contributed by atoms with van der Waals surface area (Å²) in [5.41, 5.74) is 6.35. The van der Waals surface area contributed by atoms with Crippen LogP contribution in [0.4, 0.5) is 0 Å². The van der Waals surface area contributed by atoms with Crippen LogP contribution in [0, 0.1) is 17.8 Å². The first-order valence-corrected chi connectivity index (χ1v) is 7.21. The molecule has 4 aliphatic rings. The van der Waals surface area contributed by atoms with Crippen molar-refractivity contribution < 1.29 is 0 Å². The first-order chi connectivity index (χ1) is 7.75. The molecular weight excluding hydrogens is 196 g/mol. The van der Waals surface area contributed by atoms with E-state index in [4.69, 9.17) is 5.73 Å². The lowest BCUT2D eigenvalue weighted by Crippen LogP contribution is -2.60. The van der Waals surface area contributed by atoms with Crippen LogP contribution < -0.4 is 5.73 Å². The number of nitrogens with zero attached hydrogens (tertiary/aromatic N) is 1. The fourth-order valence-corrected chi connectivity index (χ4v) is 5.34. The van der Waals surface area contributed by atoms with E-state index in [1.807, 2.05) is 0 Å². The van der Waals surface area contributed by atoms with E-state index < -0.39 is 0 Å². The fraction of sp³-hybridized carbons (Fsp3) is 1.00. The number of hydrogen-bond acceptors (Lipinski definition) is 2. The number of hydrogen-bond donors (Lipinski definition) is 1. The van der Waals surface area contributed by atoms with Gasteiger partial charge in [-0.25, -0.2) is 0 Å². The molecule has 4 aliphatic carbocycles. The molecule has 0 heterocycles. The highest BCUT2D eigenvalue weighted by Crippen LogP contribution is 2.57. The van der Waals surface area contributed by atoms with Crippen LogP contribution in [-0.2, 0) is 0 Å². The third kappa shape index (κ3) is 1.62. The summed E-state index contributed by atoms with van der Waals surface area (Å²) < 4.78 is 0. The van der Waals surface area contributed by atoms with Gasteiger partial charge in [-0.15, -0.1) is 0 Å². The maximum atomic E-state index is 5.78. The molecule has 4 bridgehead atoms. The van der Waals surface area contributed by atoms with E-state index in [9.17, 15) is 0 Å². The second kappa shape index (κ2) is 3.99. The van der Waals surface area contributed by atoms with Crippen molar-refractivity contribution in [3.05, 3.63) is 0 Å². The molecular formula is C14H26N2. The minimum absolute atomic E-state index is 0.572. The number of nitrogens with two attached hydrogens (primary N) is 1. The van der Waals surface area contributed by atoms with Crippen molar-refractivity contribution in [2.24, 2.45) is 23.5 Å². The molecule has 0 unspecified atom stereocenters. The molecule has 0 aromatic heterocycles. The number of rotatable bonds is 4. The van der Waals surface area contributed by atoms with Gasteiger partial charge in [0.15, 0.2) is 0 Å². The average Bonchev–Trinajstić information content (AvgIpc) is 2.23. The summed E-state index contributed by atoms with van der Waals surface area (Å²) in [4.78, 5) is 2.72. The summed E-state index contributed by atoms with van der Waals surface area (Å²) in [6.07, 6.45) is 9.06. The summed E-state index contributed by atoms with van der Waals surface area (Å²) in [5.74, 6) is 3.16. The van der Waals surface area contributed by atoms with Crippen molar-refractivity contribution in [1.82, 2.24) is 4.90 Å². The summed E-state index contributed by atoms with van der Waals surface area (Å²) in [6.45, 7) is 5.45. The van der Waals surface area contributed by atoms with E-state index in [0.717, 1.165) is 30.8 Å². The average molecular weight is 222 g/mol. The maximum absolute atomic E-state index is 5.78. The van der Waals surface area contributed by atoms with Crippen LogP contribution in [0.15, 0.2) is 0 Å².